The summed E-state index contributed by atoms with van der Waals surface area (Å²) in [5.41, 5.74) is -0.289. The van der Waals surface area contributed by atoms with Gasteiger partial charge in [0.25, 0.3) is 0 Å². The molecular formula is C8H4Cl2F3I. The first-order valence-electron chi connectivity index (χ1n) is 3.47. The molecule has 0 saturated heterocycles. The van der Waals surface area contributed by atoms with E-state index in [0.717, 1.165) is 12.1 Å². The van der Waals surface area contributed by atoms with Gasteiger partial charge >= 0.3 is 6.18 Å². The average molecular weight is 355 g/mol. The van der Waals surface area contributed by atoms with Crippen molar-refractivity contribution in [3.63, 3.8) is 0 Å². The van der Waals surface area contributed by atoms with Gasteiger partial charge in [-0.1, -0.05) is 45.8 Å². The molecule has 0 aliphatic rings. The highest BCUT2D eigenvalue weighted by atomic mass is 127. The molecule has 14 heavy (non-hydrogen) atoms. The van der Waals surface area contributed by atoms with Gasteiger partial charge in [0.2, 0.25) is 0 Å². The highest BCUT2D eigenvalue weighted by Gasteiger charge is 2.31. The van der Waals surface area contributed by atoms with Crippen LogP contribution < -0.4 is 0 Å². The molecule has 78 valence electrons. The molecule has 0 fully saturated rings. The Morgan fingerprint density at radius 3 is 1.86 bits per heavy atom. The van der Waals surface area contributed by atoms with Crippen LogP contribution in [0.25, 0.3) is 0 Å². The summed E-state index contributed by atoms with van der Waals surface area (Å²) in [6.07, 6.45) is -4.41. The van der Waals surface area contributed by atoms with E-state index in [0.29, 0.717) is 9.99 Å². The van der Waals surface area contributed by atoms with Gasteiger partial charge in [0.15, 0.2) is 0 Å². The van der Waals surface area contributed by atoms with Crippen LogP contribution in [0, 0.1) is 0 Å². The monoisotopic (exact) mass is 354 g/mol. The minimum absolute atomic E-state index is 0.0548. The van der Waals surface area contributed by atoms with Crippen LogP contribution in [0.3, 0.4) is 0 Å². The molecule has 0 spiro atoms. The summed E-state index contributed by atoms with van der Waals surface area (Å²) in [5, 5.41) is 0.110. The van der Waals surface area contributed by atoms with Crippen molar-refractivity contribution in [2.24, 2.45) is 0 Å². The molecule has 6 heteroatoms. The number of hydrogen-bond donors (Lipinski definition) is 0. The number of halogens is 6. The molecular weight excluding hydrogens is 351 g/mol. The van der Waals surface area contributed by atoms with Crippen molar-refractivity contribution >= 4 is 45.8 Å². The lowest BCUT2D eigenvalue weighted by Crippen LogP contribution is -2.05. The first-order valence-corrected chi connectivity index (χ1v) is 5.75. The Morgan fingerprint density at radius 2 is 1.57 bits per heavy atom. The van der Waals surface area contributed by atoms with Gasteiger partial charge in [0, 0.05) is 14.5 Å². The summed E-state index contributed by atoms with van der Waals surface area (Å²) in [6.45, 7) is 0. The maximum Gasteiger partial charge on any atom is 0.416 e. The molecule has 0 aromatic heterocycles. The Bertz CT molecular complexity index is 326. The maximum absolute atomic E-state index is 12.3. The standard InChI is InChI=1S/C8H4Cl2F3I/c9-6-1-4(8(11,12)13)2-7(10)5(6)3-14/h1-2H,3H2. The molecule has 0 heterocycles. The zero-order valence-electron chi connectivity index (χ0n) is 6.63. The summed E-state index contributed by atoms with van der Waals surface area (Å²) < 4.78 is 37.3. The summed E-state index contributed by atoms with van der Waals surface area (Å²) in [6, 6.07) is 1.78. The fourth-order valence-electron chi connectivity index (χ4n) is 0.894. The SMILES string of the molecule is FC(F)(F)c1cc(Cl)c(CI)c(Cl)c1. The van der Waals surface area contributed by atoms with E-state index in [1.54, 1.807) is 0 Å². The number of hydrogen-bond acceptors (Lipinski definition) is 0. The second-order valence-corrected chi connectivity index (χ2v) is 4.13. The molecule has 1 aromatic rings. The van der Waals surface area contributed by atoms with E-state index in [1.807, 2.05) is 22.6 Å². The number of rotatable bonds is 1. The molecule has 1 aromatic carbocycles. The van der Waals surface area contributed by atoms with Gasteiger partial charge in [0.1, 0.15) is 0 Å². The van der Waals surface area contributed by atoms with Crippen molar-refractivity contribution in [2.75, 3.05) is 0 Å². The highest BCUT2D eigenvalue weighted by molar-refractivity contribution is 14.1. The van der Waals surface area contributed by atoms with Crippen LogP contribution in [0.5, 0.6) is 0 Å². The van der Waals surface area contributed by atoms with Gasteiger partial charge in [-0.25, -0.2) is 0 Å². The molecule has 0 saturated carbocycles. The molecule has 0 N–H and O–H groups in total. The normalized spacial score (nSPS) is 11.9. The Hall–Kier alpha value is 0.320. The molecule has 0 unspecified atom stereocenters. The Balaban J connectivity index is 3.28. The topological polar surface area (TPSA) is 0 Å². The van der Waals surface area contributed by atoms with Crippen LogP contribution in [0.1, 0.15) is 11.1 Å². The minimum atomic E-state index is -4.41. The van der Waals surface area contributed by atoms with Crippen molar-refractivity contribution in [1.82, 2.24) is 0 Å². The van der Waals surface area contributed by atoms with E-state index in [4.69, 9.17) is 23.2 Å². The molecule has 0 amide bonds. The van der Waals surface area contributed by atoms with E-state index in [1.165, 1.54) is 0 Å². The van der Waals surface area contributed by atoms with Crippen LogP contribution >= 0.6 is 45.8 Å². The van der Waals surface area contributed by atoms with Gasteiger partial charge in [-0.15, -0.1) is 0 Å². The van der Waals surface area contributed by atoms with Gasteiger partial charge < -0.3 is 0 Å². The van der Waals surface area contributed by atoms with Gasteiger partial charge in [-0.2, -0.15) is 13.2 Å². The third kappa shape index (κ3) is 2.67. The van der Waals surface area contributed by atoms with Crippen molar-refractivity contribution in [1.29, 1.82) is 0 Å². The van der Waals surface area contributed by atoms with E-state index >= 15 is 0 Å². The second kappa shape index (κ2) is 4.45. The minimum Gasteiger partial charge on any atom is -0.166 e. The van der Waals surface area contributed by atoms with Gasteiger partial charge in [0.05, 0.1) is 5.56 Å². The lowest BCUT2D eigenvalue weighted by Gasteiger charge is -2.10. The van der Waals surface area contributed by atoms with Gasteiger partial charge in [-0.3, -0.25) is 0 Å². The fourth-order valence-corrected chi connectivity index (χ4v) is 2.79. The molecule has 0 nitrogen and oxygen atoms in total. The molecule has 1 rings (SSSR count). The van der Waals surface area contributed by atoms with Crippen molar-refractivity contribution in [3.8, 4) is 0 Å². The molecule has 0 radical (unpaired) electrons. The quantitative estimate of drug-likeness (QED) is 0.494. The molecule has 0 bridgehead atoms. The summed E-state index contributed by atoms with van der Waals surface area (Å²) >= 11 is 13.3. The molecule has 0 aliphatic heterocycles. The van der Waals surface area contributed by atoms with Crippen molar-refractivity contribution < 1.29 is 13.2 Å². The first kappa shape index (κ1) is 12.4. The first-order chi connectivity index (χ1) is 6.36. The number of benzene rings is 1. The molecule has 0 aliphatic carbocycles. The second-order valence-electron chi connectivity index (χ2n) is 2.55. The smallest absolute Gasteiger partial charge is 0.166 e. The van der Waals surface area contributed by atoms with Crippen LogP contribution in [0.2, 0.25) is 10.0 Å². The Labute approximate surface area is 103 Å². The van der Waals surface area contributed by atoms with Crippen molar-refractivity contribution in [2.45, 2.75) is 10.6 Å². The van der Waals surface area contributed by atoms with E-state index in [9.17, 15) is 13.2 Å². The Kier molecular flexibility index (Phi) is 3.94. The number of alkyl halides is 4. The predicted molar refractivity (Wildman–Crippen MR) is 59.2 cm³/mol. The zero-order valence-corrected chi connectivity index (χ0v) is 10.3. The lowest BCUT2D eigenvalue weighted by atomic mass is 10.1. The van der Waals surface area contributed by atoms with E-state index in [-0.39, 0.29) is 10.0 Å². The maximum atomic E-state index is 12.3. The summed E-state index contributed by atoms with van der Waals surface area (Å²) in [5.74, 6) is 0. The largest absolute Gasteiger partial charge is 0.416 e. The van der Waals surface area contributed by atoms with Crippen molar-refractivity contribution in [3.05, 3.63) is 33.3 Å². The summed E-state index contributed by atoms with van der Waals surface area (Å²) in [4.78, 5) is 0. The summed E-state index contributed by atoms with van der Waals surface area (Å²) in [7, 11) is 0. The fraction of sp³-hybridized carbons (Fsp3) is 0.250. The van der Waals surface area contributed by atoms with E-state index in [2.05, 4.69) is 0 Å². The van der Waals surface area contributed by atoms with Crippen LogP contribution in [-0.4, -0.2) is 0 Å². The van der Waals surface area contributed by atoms with Crippen LogP contribution in [0.4, 0.5) is 13.2 Å². The zero-order chi connectivity index (χ0) is 10.9. The van der Waals surface area contributed by atoms with Crippen LogP contribution in [0.15, 0.2) is 12.1 Å². The predicted octanol–water partition coefficient (Wildman–Crippen LogP) is 4.95. The average Bonchev–Trinajstić information content (AvgIpc) is 2.01. The van der Waals surface area contributed by atoms with Crippen LogP contribution in [-0.2, 0) is 10.6 Å². The third-order valence-corrected chi connectivity index (χ3v) is 3.04. The van der Waals surface area contributed by atoms with E-state index < -0.39 is 11.7 Å². The lowest BCUT2D eigenvalue weighted by molar-refractivity contribution is -0.137. The Morgan fingerprint density at radius 1 is 1.14 bits per heavy atom. The third-order valence-electron chi connectivity index (χ3n) is 1.60. The highest BCUT2D eigenvalue weighted by Crippen LogP contribution is 2.36. The molecule has 0 atom stereocenters. The van der Waals surface area contributed by atoms with Gasteiger partial charge in [-0.05, 0) is 17.7 Å².